The van der Waals surface area contributed by atoms with Crippen molar-refractivity contribution in [1.82, 2.24) is 4.90 Å². The molecule has 3 rings (SSSR count). The zero-order chi connectivity index (χ0) is 13.4. The molecule has 0 aromatic heterocycles. The minimum absolute atomic E-state index is 0.0659. The molecule has 0 bridgehead atoms. The summed E-state index contributed by atoms with van der Waals surface area (Å²) in [5.74, 6) is -0.314. The van der Waals surface area contributed by atoms with E-state index in [1.165, 1.54) is 17.7 Å². The fourth-order valence-corrected chi connectivity index (χ4v) is 3.12. The number of imide groups is 1. The zero-order valence-electron chi connectivity index (χ0n) is 10.9. The number of carbonyl (C=O) groups excluding carboxylic acids is 2. The Kier molecular flexibility index (Phi) is 3.01. The Morgan fingerprint density at radius 2 is 1.58 bits per heavy atom. The molecule has 2 N–H and O–H groups in total. The third-order valence-electron chi connectivity index (χ3n) is 4.13. The first-order valence-corrected chi connectivity index (χ1v) is 6.96. The average molecular weight is 258 g/mol. The van der Waals surface area contributed by atoms with Crippen molar-refractivity contribution in [2.45, 2.75) is 44.6 Å². The summed E-state index contributed by atoms with van der Waals surface area (Å²) in [5, 5.41) is 0. The lowest BCUT2D eigenvalue weighted by atomic mass is 10.1. The lowest BCUT2D eigenvalue weighted by Crippen LogP contribution is -2.39. The fourth-order valence-electron chi connectivity index (χ4n) is 3.12. The highest BCUT2D eigenvalue weighted by Crippen LogP contribution is 2.31. The quantitative estimate of drug-likeness (QED) is 0.478. The van der Waals surface area contributed by atoms with Gasteiger partial charge in [0, 0.05) is 11.7 Å². The Balaban J connectivity index is 1.93. The van der Waals surface area contributed by atoms with E-state index >= 15 is 0 Å². The number of nitrogens with two attached hydrogens (primary N) is 1. The number of anilines is 1. The van der Waals surface area contributed by atoms with Crippen molar-refractivity contribution in [2.24, 2.45) is 0 Å². The van der Waals surface area contributed by atoms with Gasteiger partial charge in [-0.2, -0.15) is 0 Å². The van der Waals surface area contributed by atoms with E-state index in [1.54, 1.807) is 18.2 Å². The molecule has 19 heavy (non-hydrogen) atoms. The van der Waals surface area contributed by atoms with Crippen LogP contribution < -0.4 is 5.73 Å². The monoisotopic (exact) mass is 258 g/mol. The molecule has 1 aliphatic heterocycles. The summed E-state index contributed by atoms with van der Waals surface area (Å²) < 4.78 is 0. The summed E-state index contributed by atoms with van der Waals surface area (Å²) in [4.78, 5) is 26.3. The van der Waals surface area contributed by atoms with E-state index in [1.807, 2.05) is 0 Å². The Morgan fingerprint density at radius 1 is 0.947 bits per heavy atom. The highest BCUT2D eigenvalue weighted by molar-refractivity contribution is 6.21. The smallest absolute Gasteiger partial charge is 0.261 e. The van der Waals surface area contributed by atoms with Gasteiger partial charge in [-0.05, 0) is 31.0 Å². The van der Waals surface area contributed by atoms with Crippen molar-refractivity contribution in [3.63, 3.8) is 0 Å². The predicted molar refractivity (Wildman–Crippen MR) is 72.8 cm³/mol. The topological polar surface area (TPSA) is 63.4 Å². The third kappa shape index (κ3) is 2.01. The van der Waals surface area contributed by atoms with E-state index in [4.69, 9.17) is 5.73 Å². The average Bonchev–Trinajstić information content (AvgIpc) is 2.62. The number of benzene rings is 1. The number of carbonyl (C=O) groups is 2. The van der Waals surface area contributed by atoms with Gasteiger partial charge in [0.25, 0.3) is 11.8 Å². The summed E-state index contributed by atoms with van der Waals surface area (Å²) in [7, 11) is 0. The van der Waals surface area contributed by atoms with Gasteiger partial charge in [0.1, 0.15) is 0 Å². The molecule has 0 unspecified atom stereocenters. The minimum Gasteiger partial charge on any atom is -0.399 e. The van der Waals surface area contributed by atoms with Gasteiger partial charge in [0.05, 0.1) is 11.1 Å². The molecule has 0 spiro atoms. The van der Waals surface area contributed by atoms with Crippen LogP contribution in [0.15, 0.2) is 18.2 Å². The van der Waals surface area contributed by atoms with Crippen molar-refractivity contribution in [3.8, 4) is 0 Å². The molecule has 1 aromatic carbocycles. The molecule has 1 heterocycles. The van der Waals surface area contributed by atoms with E-state index in [-0.39, 0.29) is 17.9 Å². The Hall–Kier alpha value is -1.84. The summed E-state index contributed by atoms with van der Waals surface area (Å²) in [6.07, 6.45) is 6.46. The number of nitrogens with zero attached hydrogens (tertiary/aromatic N) is 1. The van der Waals surface area contributed by atoms with Crippen LogP contribution in [0, 0.1) is 0 Å². The van der Waals surface area contributed by atoms with Crippen LogP contribution in [-0.4, -0.2) is 22.8 Å². The standard InChI is InChI=1S/C15H18N2O2/c16-10-7-8-12-13(9-10)15(19)17(14(12)18)11-5-3-1-2-4-6-11/h7-9,11H,1-6,16H2. The predicted octanol–water partition coefficient (Wildman–Crippen LogP) is 2.59. The van der Waals surface area contributed by atoms with Gasteiger partial charge >= 0.3 is 0 Å². The van der Waals surface area contributed by atoms with Gasteiger partial charge in [0.15, 0.2) is 0 Å². The molecule has 1 aliphatic carbocycles. The van der Waals surface area contributed by atoms with Crippen LogP contribution in [0.1, 0.15) is 59.2 Å². The normalized spacial score (nSPS) is 20.5. The summed E-state index contributed by atoms with van der Waals surface area (Å²) >= 11 is 0. The van der Waals surface area contributed by atoms with Crippen molar-refractivity contribution >= 4 is 17.5 Å². The number of hydrogen-bond acceptors (Lipinski definition) is 3. The first-order chi connectivity index (χ1) is 9.18. The number of rotatable bonds is 1. The molecule has 100 valence electrons. The fraction of sp³-hybridized carbons (Fsp3) is 0.467. The molecule has 1 aromatic rings. The Labute approximate surface area is 112 Å². The summed E-state index contributed by atoms with van der Waals surface area (Å²) in [6, 6.07) is 5.03. The maximum atomic E-state index is 12.4. The van der Waals surface area contributed by atoms with E-state index in [2.05, 4.69) is 0 Å². The summed E-state index contributed by atoms with van der Waals surface area (Å²) in [6.45, 7) is 0. The van der Waals surface area contributed by atoms with Gasteiger partial charge in [-0.15, -0.1) is 0 Å². The summed E-state index contributed by atoms with van der Waals surface area (Å²) in [5.41, 5.74) is 7.21. The molecular formula is C15H18N2O2. The molecule has 0 atom stereocenters. The van der Waals surface area contributed by atoms with Crippen molar-refractivity contribution in [1.29, 1.82) is 0 Å². The minimum atomic E-state index is -0.167. The number of amides is 2. The second-order valence-electron chi connectivity index (χ2n) is 5.43. The van der Waals surface area contributed by atoms with Crippen LogP contribution in [0.5, 0.6) is 0 Å². The van der Waals surface area contributed by atoms with Crippen LogP contribution in [0.25, 0.3) is 0 Å². The number of nitrogen functional groups attached to an aromatic ring is 1. The molecule has 4 nitrogen and oxygen atoms in total. The molecule has 4 heteroatoms. The van der Waals surface area contributed by atoms with Crippen LogP contribution in [0.3, 0.4) is 0 Å². The van der Waals surface area contributed by atoms with Crippen molar-refractivity contribution < 1.29 is 9.59 Å². The van der Waals surface area contributed by atoms with E-state index in [9.17, 15) is 9.59 Å². The van der Waals surface area contributed by atoms with Crippen molar-refractivity contribution in [3.05, 3.63) is 29.3 Å². The van der Waals surface area contributed by atoms with E-state index in [0.717, 1.165) is 25.7 Å². The molecule has 0 saturated heterocycles. The van der Waals surface area contributed by atoms with Crippen LogP contribution >= 0.6 is 0 Å². The molecule has 1 fully saturated rings. The van der Waals surface area contributed by atoms with E-state index in [0.29, 0.717) is 16.8 Å². The van der Waals surface area contributed by atoms with E-state index < -0.39 is 0 Å². The molecule has 2 aliphatic rings. The van der Waals surface area contributed by atoms with Gasteiger partial charge in [-0.3, -0.25) is 14.5 Å². The highest BCUT2D eigenvalue weighted by atomic mass is 16.2. The maximum Gasteiger partial charge on any atom is 0.261 e. The first kappa shape index (κ1) is 12.2. The van der Waals surface area contributed by atoms with Crippen LogP contribution in [-0.2, 0) is 0 Å². The SMILES string of the molecule is Nc1ccc2c(c1)C(=O)N(C1CCCCCC1)C2=O. The van der Waals surface area contributed by atoms with Gasteiger partial charge < -0.3 is 5.73 Å². The molecule has 1 saturated carbocycles. The molecule has 0 radical (unpaired) electrons. The van der Waals surface area contributed by atoms with Crippen molar-refractivity contribution in [2.75, 3.05) is 5.73 Å². The molecular weight excluding hydrogens is 240 g/mol. The second kappa shape index (κ2) is 4.68. The zero-order valence-corrected chi connectivity index (χ0v) is 10.9. The van der Waals surface area contributed by atoms with Gasteiger partial charge in [-0.25, -0.2) is 0 Å². The van der Waals surface area contributed by atoms with Crippen LogP contribution in [0.2, 0.25) is 0 Å². The van der Waals surface area contributed by atoms with Gasteiger partial charge in [0.2, 0.25) is 0 Å². The maximum absolute atomic E-state index is 12.4. The molecule has 2 amide bonds. The Bertz CT molecular complexity index is 531. The second-order valence-corrected chi connectivity index (χ2v) is 5.43. The first-order valence-electron chi connectivity index (χ1n) is 6.96. The van der Waals surface area contributed by atoms with Gasteiger partial charge in [-0.1, -0.05) is 25.7 Å². The highest BCUT2D eigenvalue weighted by Gasteiger charge is 2.39. The third-order valence-corrected chi connectivity index (χ3v) is 4.13. The van der Waals surface area contributed by atoms with Crippen LogP contribution in [0.4, 0.5) is 5.69 Å². The number of hydrogen-bond donors (Lipinski definition) is 1. The lowest BCUT2D eigenvalue weighted by Gasteiger charge is -2.24. The largest absolute Gasteiger partial charge is 0.399 e. The lowest BCUT2D eigenvalue weighted by molar-refractivity contribution is 0.0570. The Morgan fingerprint density at radius 3 is 2.26 bits per heavy atom. The number of fused-ring (bicyclic) bond motifs is 1.